The summed E-state index contributed by atoms with van der Waals surface area (Å²) in [7, 11) is 2.05. The van der Waals surface area contributed by atoms with Crippen molar-refractivity contribution < 1.29 is 29.3 Å². The second kappa shape index (κ2) is 21.1. The topological polar surface area (TPSA) is 210 Å². The monoisotopic (exact) mass is 1010 g/mol. The fourth-order valence-electron chi connectivity index (χ4n) is 11.6. The van der Waals surface area contributed by atoms with Gasteiger partial charge in [0, 0.05) is 99.1 Å². The molecule has 1 saturated carbocycles. The number of anilines is 2. The molecule has 10 rings (SSSR count). The van der Waals surface area contributed by atoms with Gasteiger partial charge < -0.3 is 39.5 Å². The summed E-state index contributed by atoms with van der Waals surface area (Å²) in [5.74, 6) is 0.820. The molecule has 2 aromatic carbocycles. The number of carbonyl (C=O) groups excluding carboxylic acids is 3. The Bertz CT molecular complexity index is 3030. The average Bonchev–Trinajstić information content (AvgIpc) is 3.78. The number of nitrogens with one attached hydrogen (secondary N) is 1. The van der Waals surface area contributed by atoms with Gasteiger partial charge in [-0.15, -0.1) is 10.2 Å². The van der Waals surface area contributed by atoms with Crippen molar-refractivity contribution in [3.63, 3.8) is 0 Å². The Morgan fingerprint density at radius 3 is 2.44 bits per heavy atom. The number of esters is 1. The number of halogens is 1. The number of carbonyl (C=O) groups is 3. The van der Waals surface area contributed by atoms with E-state index in [-0.39, 0.29) is 59.9 Å². The summed E-state index contributed by atoms with van der Waals surface area (Å²) in [6.07, 6.45) is 10.4. The fraction of sp³-hybridized carbons (Fsp3) is 0.491. The van der Waals surface area contributed by atoms with Gasteiger partial charge in [0.25, 0.3) is 11.5 Å². The second-order valence-electron chi connectivity index (χ2n) is 20.6. The standard InChI is InChI=1S/C55H63ClN10O7/c1-3-55(72)43-29-47-51-36(31-66(47)53(70)42(43)33-73-54(55)71)27-40-41(48(67)17-15-45(40)59-51)32-63-23-25-65(26-24-63)50(68)8-6-4-5-7-34-19-21-64(22-20-34)49-18-16-46(60-61-49)52(69)58-37-10-13-38(14-11-37)62(2)39-12-9-35(30-57)44(56)28-39/h9,12,15-18,27-29,34,37-38,67,72H,3-8,10-11,13-14,19-26,31-33H2,1-2H3,(H,58,69)/t37?,38?,55-/m0/s1. The molecule has 2 amide bonds. The minimum atomic E-state index is -1.90. The zero-order valence-corrected chi connectivity index (χ0v) is 42.4. The molecule has 0 radical (unpaired) electrons. The summed E-state index contributed by atoms with van der Waals surface area (Å²) < 4.78 is 6.82. The number of piperazine rings is 1. The number of fused-ring (bicyclic) bond motifs is 5. The lowest BCUT2D eigenvalue weighted by Crippen LogP contribution is -2.48. The van der Waals surface area contributed by atoms with E-state index in [1.54, 1.807) is 41.8 Å². The number of piperidine rings is 1. The van der Waals surface area contributed by atoms with Crippen LogP contribution in [0.2, 0.25) is 5.02 Å². The van der Waals surface area contributed by atoms with Crippen LogP contribution >= 0.6 is 11.6 Å². The van der Waals surface area contributed by atoms with Crippen LogP contribution in [0, 0.1) is 17.2 Å². The summed E-state index contributed by atoms with van der Waals surface area (Å²) in [6, 6.07) is 18.8. The average molecular weight is 1010 g/mol. The first-order chi connectivity index (χ1) is 35.3. The van der Waals surface area contributed by atoms with Gasteiger partial charge in [-0.2, -0.15) is 5.26 Å². The van der Waals surface area contributed by atoms with Crippen molar-refractivity contribution in [2.45, 2.75) is 121 Å². The minimum absolute atomic E-state index is 0.0684. The maximum absolute atomic E-state index is 13.7. The van der Waals surface area contributed by atoms with E-state index in [9.17, 15) is 34.7 Å². The Morgan fingerprint density at radius 1 is 0.945 bits per heavy atom. The van der Waals surface area contributed by atoms with Crippen LogP contribution in [0.15, 0.2) is 59.4 Å². The van der Waals surface area contributed by atoms with Crippen LogP contribution in [0.5, 0.6) is 5.75 Å². The van der Waals surface area contributed by atoms with Gasteiger partial charge in [0.1, 0.15) is 18.4 Å². The fourth-order valence-corrected chi connectivity index (χ4v) is 11.9. The quantitative estimate of drug-likeness (QED) is 0.0759. The van der Waals surface area contributed by atoms with Crippen LogP contribution < -0.4 is 20.7 Å². The normalized spacial score (nSPS) is 21.0. The highest BCUT2D eigenvalue weighted by atomic mass is 35.5. The minimum Gasteiger partial charge on any atom is -0.508 e. The summed E-state index contributed by atoms with van der Waals surface area (Å²) in [6.45, 7) is 6.63. The molecule has 1 aliphatic carbocycles. The summed E-state index contributed by atoms with van der Waals surface area (Å²) in [5, 5.41) is 44.7. The first-order valence-electron chi connectivity index (χ1n) is 26.0. The van der Waals surface area contributed by atoms with Crippen molar-refractivity contribution in [2.24, 2.45) is 5.92 Å². The van der Waals surface area contributed by atoms with E-state index < -0.39 is 11.6 Å². The number of nitriles is 1. The molecule has 5 aliphatic rings. The number of unbranched alkanes of at least 4 members (excludes halogenated alkanes) is 2. The Labute approximate surface area is 429 Å². The highest BCUT2D eigenvalue weighted by Gasteiger charge is 2.45. The zero-order valence-electron chi connectivity index (χ0n) is 41.6. The van der Waals surface area contributed by atoms with Gasteiger partial charge in [-0.1, -0.05) is 37.8 Å². The summed E-state index contributed by atoms with van der Waals surface area (Å²) >= 11 is 6.28. The largest absolute Gasteiger partial charge is 0.508 e. The number of benzene rings is 2. The molecule has 1 atom stereocenters. The number of hydrogen-bond acceptors (Lipinski definition) is 14. The molecule has 5 aromatic rings. The van der Waals surface area contributed by atoms with Gasteiger partial charge >= 0.3 is 5.97 Å². The molecule has 73 heavy (non-hydrogen) atoms. The van der Waals surface area contributed by atoms with Gasteiger partial charge in [-0.25, -0.2) is 9.78 Å². The first-order valence-corrected chi connectivity index (χ1v) is 26.3. The van der Waals surface area contributed by atoms with E-state index in [2.05, 4.69) is 36.3 Å². The molecule has 7 heterocycles. The van der Waals surface area contributed by atoms with Crippen LogP contribution in [0.1, 0.15) is 122 Å². The summed E-state index contributed by atoms with van der Waals surface area (Å²) in [5.41, 5.74) is 3.47. The molecule has 0 unspecified atom stereocenters. The zero-order chi connectivity index (χ0) is 51.0. The smallest absolute Gasteiger partial charge is 0.343 e. The molecule has 2 saturated heterocycles. The number of pyridine rings is 2. The number of phenols is 1. The van der Waals surface area contributed by atoms with Crippen LogP contribution in [-0.2, 0) is 39.6 Å². The van der Waals surface area contributed by atoms with Crippen LogP contribution in [0.25, 0.3) is 22.3 Å². The SMILES string of the molecule is CC[C@@]1(O)C(=O)OCc2c1cc1n(c2=O)Cc2cc3c(CN4CCN(C(=O)CCCCCC5CCN(c6ccc(C(=O)NC7CCC(N(C)c8ccc(C#N)c(Cl)c8)CC7)nn6)CC5)CC4)c(O)ccc3nc2-1. The van der Waals surface area contributed by atoms with Gasteiger partial charge in [-0.05, 0) is 112 Å². The molecule has 0 spiro atoms. The third kappa shape index (κ3) is 10.1. The predicted octanol–water partition coefficient (Wildman–Crippen LogP) is 6.79. The predicted molar refractivity (Wildman–Crippen MR) is 276 cm³/mol. The Morgan fingerprint density at radius 2 is 1.73 bits per heavy atom. The van der Waals surface area contributed by atoms with Crippen LogP contribution in [-0.4, -0.2) is 116 Å². The second-order valence-corrected chi connectivity index (χ2v) is 21.0. The molecule has 3 N–H and O–H groups in total. The van der Waals surface area contributed by atoms with Crippen LogP contribution in [0.3, 0.4) is 0 Å². The maximum atomic E-state index is 13.7. The van der Waals surface area contributed by atoms with Crippen molar-refractivity contribution in [2.75, 3.05) is 56.1 Å². The molecule has 17 nitrogen and oxygen atoms in total. The molecule has 3 aromatic heterocycles. The van der Waals surface area contributed by atoms with Gasteiger partial charge in [0.15, 0.2) is 17.1 Å². The molecule has 382 valence electrons. The number of aliphatic hydroxyl groups is 1. The van der Waals surface area contributed by atoms with Crippen molar-refractivity contribution in [1.29, 1.82) is 5.26 Å². The van der Waals surface area contributed by atoms with E-state index in [1.165, 1.54) is 0 Å². The number of phenolic OH excluding ortho intramolecular Hbond substituents is 1. The van der Waals surface area contributed by atoms with Crippen molar-refractivity contribution in [3.8, 4) is 23.2 Å². The molecular formula is C55H63ClN10O7. The number of cyclic esters (lactones) is 1. The van der Waals surface area contributed by atoms with Gasteiger partial charge in [-0.3, -0.25) is 19.3 Å². The number of rotatable bonds is 14. The highest BCUT2D eigenvalue weighted by molar-refractivity contribution is 6.32. The van der Waals surface area contributed by atoms with E-state index in [0.29, 0.717) is 84.3 Å². The number of hydrogen-bond donors (Lipinski definition) is 3. The van der Waals surface area contributed by atoms with Gasteiger partial charge in [0.05, 0.1) is 39.6 Å². The molecule has 3 fully saturated rings. The van der Waals surface area contributed by atoms with E-state index >= 15 is 0 Å². The Hall–Kier alpha value is -6.61. The van der Waals surface area contributed by atoms with Crippen molar-refractivity contribution in [3.05, 3.63) is 103 Å². The number of aromatic nitrogens is 4. The third-order valence-electron chi connectivity index (χ3n) is 16.3. The Kier molecular flexibility index (Phi) is 14.4. The number of amides is 2. The van der Waals surface area contributed by atoms with E-state index in [4.69, 9.17) is 21.3 Å². The Balaban J connectivity index is 0.626. The number of aromatic hydroxyl groups is 1. The lowest BCUT2D eigenvalue weighted by molar-refractivity contribution is -0.172. The molecular weight excluding hydrogens is 948 g/mol. The van der Waals surface area contributed by atoms with Crippen molar-refractivity contribution >= 4 is 51.8 Å². The molecule has 0 bridgehead atoms. The van der Waals surface area contributed by atoms with Gasteiger partial charge in [0.2, 0.25) is 5.91 Å². The lowest BCUT2D eigenvalue weighted by atomic mass is 9.86. The highest BCUT2D eigenvalue weighted by Crippen LogP contribution is 2.40. The number of ether oxygens (including phenoxy) is 1. The van der Waals surface area contributed by atoms with Crippen LogP contribution in [0.4, 0.5) is 11.5 Å². The van der Waals surface area contributed by atoms with E-state index in [1.807, 2.05) is 36.2 Å². The third-order valence-corrected chi connectivity index (χ3v) is 16.6. The van der Waals surface area contributed by atoms with E-state index in [0.717, 1.165) is 105 Å². The summed E-state index contributed by atoms with van der Waals surface area (Å²) in [4.78, 5) is 66.3. The number of nitrogens with zero attached hydrogens (tertiary/aromatic N) is 9. The maximum Gasteiger partial charge on any atom is 0.343 e. The molecule has 4 aliphatic heterocycles. The first kappa shape index (κ1) is 49.9. The van der Waals surface area contributed by atoms with Crippen molar-refractivity contribution in [1.82, 2.24) is 34.9 Å². The molecule has 18 heteroatoms. The lowest BCUT2D eigenvalue weighted by Gasteiger charge is -2.36.